The standard InChI is InChI=1S/C16H12Cl3NO3/c17-10-2-1-3-12(8-10)20(7-6-15(21)22)16(23)13-5-4-11(18)9-14(13)19/h1-5,8-9H,6-7H2,(H,21,22). The zero-order chi connectivity index (χ0) is 17.0. The topological polar surface area (TPSA) is 57.6 Å². The number of amides is 1. The molecule has 2 aromatic carbocycles. The highest BCUT2D eigenvalue weighted by molar-refractivity contribution is 6.37. The molecule has 0 saturated heterocycles. The van der Waals surface area contributed by atoms with E-state index in [0.717, 1.165) is 0 Å². The summed E-state index contributed by atoms with van der Waals surface area (Å²) >= 11 is 17.9. The Hall–Kier alpha value is -1.75. The van der Waals surface area contributed by atoms with Gasteiger partial charge in [-0.1, -0.05) is 40.9 Å². The maximum Gasteiger partial charge on any atom is 0.305 e. The molecule has 2 aromatic rings. The molecule has 4 nitrogen and oxygen atoms in total. The molecular formula is C16H12Cl3NO3. The molecule has 1 amide bonds. The smallest absolute Gasteiger partial charge is 0.305 e. The summed E-state index contributed by atoms with van der Waals surface area (Å²) in [6.45, 7) is -0.00648. The van der Waals surface area contributed by atoms with Crippen LogP contribution in [0, 0.1) is 0 Å². The molecule has 120 valence electrons. The Kier molecular flexibility index (Phi) is 5.88. The van der Waals surface area contributed by atoms with Crippen molar-refractivity contribution in [2.24, 2.45) is 0 Å². The summed E-state index contributed by atoms with van der Waals surface area (Å²) in [4.78, 5) is 25.0. The first-order chi connectivity index (χ1) is 10.9. The lowest BCUT2D eigenvalue weighted by Crippen LogP contribution is -2.33. The molecule has 0 aliphatic heterocycles. The van der Waals surface area contributed by atoms with Gasteiger partial charge in [-0.3, -0.25) is 9.59 Å². The summed E-state index contributed by atoms with van der Waals surface area (Å²) < 4.78 is 0. The third kappa shape index (κ3) is 4.61. The van der Waals surface area contributed by atoms with Crippen LogP contribution < -0.4 is 4.90 Å². The summed E-state index contributed by atoms with van der Waals surface area (Å²) in [5, 5.41) is 9.95. The number of benzene rings is 2. The normalized spacial score (nSPS) is 10.4. The van der Waals surface area contributed by atoms with Crippen molar-refractivity contribution < 1.29 is 14.7 Å². The molecule has 1 N–H and O–H groups in total. The number of carbonyl (C=O) groups is 2. The second-order valence-corrected chi connectivity index (χ2v) is 5.98. The van der Waals surface area contributed by atoms with Gasteiger partial charge in [0.1, 0.15) is 0 Å². The third-order valence-electron chi connectivity index (χ3n) is 3.08. The predicted octanol–water partition coefficient (Wildman–Crippen LogP) is 4.77. The summed E-state index contributed by atoms with van der Waals surface area (Å²) in [5.41, 5.74) is 0.733. The molecule has 0 radical (unpaired) electrons. The molecule has 0 bridgehead atoms. The maximum atomic E-state index is 12.8. The van der Waals surface area contributed by atoms with Crippen LogP contribution in [0.3, 0.4) is 0 Å². The highest BCUT2D eigenvalue weighted by Crippen LogP contribution is 2.26. The van der Waals surface area contributed by atoms with Crippen LogP contribution in [0.4, 0.5) is 5.69 Å². The van der Waals surface area contributed by atoms with Crippen molar-refractivity contribution in [1.29, 1.82) is 0 Å². The summed E-state index contributed by atoms with van der Waals surface area (Å²) in [5.74, 6) is -1.43. The van der Waals surface area contributed by atoms with Crippen LogP contribution in [0.5, 0.6) is 0 Å². The number of halogens is 3. The van der Waals surface area contributed by atoms with E-state index in [-0.39, 0.29) is 23.6 Å². The summed E-state index contributed by atoms with van der Waals surface area (Å²) in [7, 11) is 0. The van der Waals surface area contributed by atoms with Gasteiger partial charge in [0.15, 0.2) is 0 Å². The highest BCUT2D eigenvalue weighted by Gasteiger charge is 2.21. The minimum absolute atomic E-state index is 0.00648. The van der Waals surface area contributed by atoms with Gasteiger partial charge in [-0.2, -0.15) is 0 Å². The Morgan fingerprint density at radius 3 is 2.30 bits per heavy atom. The average Bonchev–Trinajstić information content (AvgIpc) is 2.47. The van der Waals surface area contributed by atoms with Crippen molar-refractivity contribution >= 4 is 52.4 Å². The fraction of sp³-hybridized carbons (Fsp3) is 0.125. The quantitative estimate of drug-likeness (QED) is 0.822. The average molecular weight is 373 g/mol. The van der Waals surface area contributed by atoms with Crippen LogP contribution in [-0.2, 0) is 4.79 Å². The van der Waals surface area contributed by atoms with Gasteiger partial charge in [0.25, 0.3) is 5.91 Å². The van der Waals surface area contributed by atoms with Gasteiger partial charge in [-0.05, 0) is 36.4 Å². The van der Waals surface area contributed by atoms with Crippen molar-refractivity contribution in [2.45, 2.75) is 6.42 Å². The minimum Gasteiger partial charge on any atom is -0.481 e. The number of aliphatic carboxylic acids is 1. The van der Waals surface area contributed by atoms with Crippen LogP contribution >= 0.6 is 34.8 Å². The largest absolute Gasteiger partial charge is 0.481 e. The molecule has 0 spiro atoms. The second kappa shape index (κ2) is 7.68. The van der Waals surface area contributed by atoms with Crippen LogP contribution in [0.15, 0.2) is 42.5 Å². The number of rotatable bonds is 5. The number of carboxylic acid groups (broad SMARTS) is 1. The summed E-state index contributed by atoms with van der Waals surface area (Å²) in [6, 6.07) is 11.1. The van der Waals surface area contributed by atoms with E-state index in [1.54, 1.807) is 30.3 Å². The molecule has 0 aromatic heterocycles. The Labute approximate surface area is 148 Å². The number of nitrogens with zero attached hydrogens (tertiary/aromatic N) is 1. The van der Waals surface area contributed by atoms with Gasteiger partial charge < -0.3 is 10.0 Å². The molecule has 23 heavy (non-hydrogen) atoms. The SMILES string of the molecule is O=C(O)CCN(C(=O)c1ccc(Cl)cc1Cl)c1cccc(Cl)c1. The first kappa shape index (κ1) is 17.6. The van der Waals surface area contributed by atoms with E-state index in [0.29, 0.717) is 15.7 Å². The Morgan fingerprint density at radius 1 is 1.00 bits per heavy atom. The molecule has 7 heteroatoms. The molecular weight excluding hydrogens is 361 g/mol. The fourth-order valence-electron chi connectivity index (χ4n) is 2.01. The van der Waals surface area contributed by atoms with Crippen molar-refractivity contribution in [3.05, 3.63) is 63.1 Å². The van der Waals surface area contributed by atoms with Gasteiger partial charge in [-0.15, -0.1) is 0 Å². The van der Waals surface area contributed by atoms with Gasteiger partial charge in [0, 0.05) is 22.3 Å². The minimum atomic E-state index is -1.01. The van der Waals surface area contributed by atoms with E-state index in [1.807, 2.05) is 0 Å². The molecule has 0 heterocycles. The number of hydrogen-bond donors (Lipinski definition) is 1. The van der Waals surface area contributed by atoms with Crippen LogP contribution in [-0.4, -0.2) is 23.5 Å². The lowest BCUT2D eigenvalue weighted by Gasteiger charge is -2.23. The van der Waals surface area contributed by atoms with E-state index < -0.39 is 11.9 Å². The molecule has 0 saturated carbocycles. The highest BCUT2D eigenvalue weighted by atomic mass is 35.5. The third-order valence-corrected chi connectivity index (χ3v) is 3.86. The molecule has 2 rings (SSSR count). The predicted molar refractivity (Wildman–Crippen MR) is 91.8 cm³/mol. The summed E-state index contributed by atoms with van der Waals surface area (Å²) in [6.07, 6.45) is -0.205. The number of anilines is 1. The van der Waals surface area contributed by atoms with Gasteiger partial charge in [0.2, 0.25) is 0 Å². The monoisotopic (exact) mass is 371 g/mol. The lowest BCUT2D eigenvalue weighted by atomic mass is 10.1. The van der Waals surface area contributed by atoms with Gasteiger partial charge >= 0.3 is 5.97 Å². The zero-order valence-electron chi connectivity index (χ0n) is 11.8. The van der Waals surface area contributed by atoms with Gasteiger partial charge in [-0.25, -0.2) is 0 Å². The van der Waals surface area contributed by atoms with Crippen molar-refractivity contribution in [2.75, 3.05) is 11.4 Å². The first-order valence-electron chi connectivity index (χ1n) is 6.63. The molecule has 0 aliphatic carbocycles. The van der Waals surface area contributed by atoms with E-state index in [4.69, 9.17) is 39.9 Å². The first-order valence-corrected chi connectivity index (χ1v) is 7.76. The molecule has 0 aliphatic rings. The van der Waals surface area contributed by atoms with Crippen LogP contribution in [0.25, 0.3) is 0 Å². The van der Waals surface area contributed by atoms with E-state index >= 15 is 0 Å². The second-order valence-electron chi connectivity index (χ2n) is 4.70. The number of hydrogen-bond acceptors (Lipinski definition) is 2. The molecule has 0 fully saturated rings. The number of carbonyl (C=O) groups excluding carboxylic acids is 1. The maximum absolute atomic E-state index is 12.8. The molecule has 0 unspecified atom stereocenters. The Morgan fingerprint density at radius 2 is 1.70 bits per heavy atom. The Bertz CT molecular complexity index is 749. The molecule has 0 atom stereocenters. The van der Waals surface area contributed by atoms with Crippen LogP contribution in [0.2, 0.25) is 15.1 Å². The van der Waals surface area contributed by atoms with E-state index in [2.05, 4.69) is 0 Å². The number of carboxylic acids is 1. The zero-order valence-corrected chi connectivity index (χ0v) is 14.1. The Balaban J connectivity index is 2.39. The lowest BCUT2D eigenvalue weighted by molar-refractivity contribution is -0.136. The van der Waals surface area contributed by atoms with E-state index in [1.165, 1.54) is 17.0 Å². The van der Waals surface area contributed by atoms with Crippen molar-refractivity contribution in [3.63, 3.8) is 0 Å². The van der Waals surface area contributed by atoms with Crippen molar-refractivity contribution in [3.8, 4) is 0 Å². The van der Waals surface area contributed by atoms with Crippen LogP contribution in [0.1, 0.15) is 16.8 Å². The van der Waals surface area contributed by atoms with E-state index in [9.17, 15) is 9.59 Å². The fourth-order valence-corrected chi connectivity index (χ4v) is 2.68. The van der Waals surface area contributed by atoms with Crippen molar-refractivity contribution in [1.82, 2.24) is 0 Å². The van der Waals surface area contributed by atoms with Gasteiger partial charge in [0.05, 0.1) is 17.0 Å².